The number of pyridine rings is 1. The lowest BCUT2D eigenvalue weighted by atomic mass is 10.2. The number of hydrogen-bond acceptors (Lipinski definition) is 4. The number of hydrogen-bond donors (Lipinski definition) is 2. The molecule has 0 aliphatic rings. The first-order valence-corrected chi connectivity index (χ1v) is 6.36. The van der Waals surface area contributed by atoms with E-state index in [0.717, 1.165) is 0 Å². The van der Waals surface area contributed by atoms with Crippen molar-refractivity contribution in [1.82, 2.24) is 4.98 Å². The van der Waals surface area contributed by atoms with Crippen LogP contribution in [0.2, 0.25) is 5.02 Å². The smallest absolute Gasteiger partial charge is 0.274 e. The Morgan fingerprint density at radius 2 is 2.10 bits per heavy atom. The number of carbonyl (C=O) groups excluding carboxylic acids is 2. The summed E-state index contributed by atoms with van der Waals surface area (Å²) >= 11 is 5.80. The minimum absolute atomic E-state index is 0.200. The van der Waals surface area contributed by atoms with Crippen molar-refractivity contribution in [1.29, 1.82) is 0 Å². The first kappa shape index (κ1) is 14.8. The van der Waals surface area contributed by atoms with Crippen molar-refractivity contribution in [3.05, 3.63) is 53.3 Å². The number of rotatable bonds is 5. The van der Waals surface area contributed by atoms with Gasteiger partial charge in [-0.25, -0.2) is 0 Å². The molecule has 0 saturated heterocycles. The summed E-state index contributed by atoms with van der Waals surface area (Å²) in [6, 6.07) is 9.62. The minimum Gasteiger partial charge on any atom is -0.484 e. The highest BCUT2D eigenvalue weighted by Gasteiger charge is 2.08. The number of anilines is 1. The number of aromatic nitrogens is 1. The summed E-state index contributed by atoms with van der Waals surface area (Å²) in [6.07, 6.45) is 1.45. The molecule has 0 radical (unpaired) electrons. The molecule has 3 N–H and O–H groups in total. The highest BCUT2D eigenvalue weighted by Crippen LogP contribution is 2.18. The second kappa shape index (κ2) is 6.71. The van der Waals surface area contributed by atoms with Crippen LogP contribution in [0.25, 0.3) is 0 Å². The van der Waals surface area contributed by atoms with E-state index in [0.29, 0.717) is 16.5 Å². The van der Waals surface area contributed by atoms with E-state index in [-0.39, 0.29) is 12.3 Å². The molecular formula is C14H12ClN3O3. The Morgan fingerprint density at radius 1 is 1.29 bits per heavy atom. The summed E-state index contributed by atoms with van der Waals surface area (Å²) in [7, 11) is 0. The molecule has 0 atom stereocenters. The zero-order valence-electron chi connectivity index (χ0n) is 10.9. The molecule has 0 fully saturated rings. The average molecular weight is 306 g/mol. The molecule has 1 aromatic heterocycles. The number of carbonyl (C=O) groups is 2. The molecule has 108 valence electrons. The topological polar surface area (TPSA) is 94.3 Å². The molecule has 0 spiro atoms. The van der Waals surface area contributed by atoms with E-state index in [2.05, 4.69) is 10.3 Å². The lowest BCUT2D eigenvalue weighted by molar-refractivity contribution is -0.119. The Kier molecular flexibility index (Phi) is 4.73. The van der Waals surface area contributed by atoms with Gasteiger partial charge >= 0.3 is 0 Å². The maximum atomic E-state index is 12.0. The van der Waals surface area contributed by atoms with Gasteiger partial charge in [0.15, 0.2) is 6.61 Å². The number of benzene rings is 1. The molecule has 6 nitrogen and oxygen atoms in total. The summed E-state index contributed by atoms with van der Waals surface area (Å²) in [5.41, 5.74) is 5.70. The lowest BCUT2D eigenvalue weighted by Crippen LogP contribution is -2.20. The van der Waals surface area contributed by atoms with Crippen LogP contribution < -0.4 is 15.8 Å². The Hall–Kier alpha value is -2.60. The quantitative estimate of drug-likeness (QED) is 0.881. The second-order valence-corrected chi connectivity index (χ2v) is 4.53. The van der Waals surface area contributed by atoms with Crippen LogP contribution in [-0.2, 0) is 4.79 Å². The van der Waals surface area contributed by atoms with Crippen molar-refractivity contribution in [2.24, 2.45) is 5.73 Å². The summed E-state index contributed by atoms with van der Waals surface area (Å²) in [4.78, 5) is 26.6. The van der Waals surface area contributed by atoms with Crippen LogP contribution in [0.1, 0.15) is 10.5 Å². The Bertz CT molecular complexity index is 676. The van der Waals surface area contributed by atoms with Gasteiger partial charge in [-0.05, 0) is 24.3 Å². The highest BCUT2D eigenvalue weighted by molar-refractivity contribution is 6.30. The zero-order valence-corrected chi connectivity index (χ0v) is 11.6. The van der Waals surface area contributed by atoms with Crippen LogP contribution in [0.15, 0.2) is 42.6 Å². The third-order valence-electron chi connectivity index (χ3n) is 2.43. The van der Waals surface area contributed by atoms with Crippen LogP contribution in [0.5, 0.6) is 5.75 Å². The number of primary amides is 1. The SMILES string of the molecule is NC(=O)COc1cccc(NC(=O)c2cc(Cl)ccn2)c1. The van der Waals surface area contributed by atoms with Crippen LogP contribution in [-0.4, -0.2) is 23.4 Å². The van der Waals surface area contributed by atoms with E-state index in [9.17, 15) is 9.59 Å². The number of ether oxygens (including phenoxy) is 1. The van der Waals surface area contributed by atoms with Gasteiger partial charge in [0.1, 0.15) is 11.4 Å². The Balaban J connectivity index is 2.07. The number of nitrogens with two attached hydrogens (primary N) is 1. The number of amides is 2. The Labute approximate surface area is 125 Å². The molecule has 2 amide bonds. The lowest BCUT2D eigenvalue weighted by Gasteiger charge is -2.08. The molecule has 0 aliphatic carbocycles. The van der Waals surface area contributed by atoms with E-state index in [1.165, 1.54) is 12.3 Å². The molecule has 21 heavy (non-hydrogen) atoms. The van der Waals surface area contributed by atoms with E-state index < -0.39 is 11.8 Å². The molecule has 0 aliphatic heterocycles. The van der Waals surface area contributed by atoms with Gasteiger partial charge in [-0.1, -0.05) is 17.7 Å². The summed E-state index contributed by atoms with van der Waals surface area (Å²) < 4.78 is 5.15. The number of nitrogens with zero attached hydrogens (tertiary/aromatic N) is 1. The van der Waals surface area contributed by atoms with Crippen molar-refractivity contribution in [2.45, 2.75) is 0 Å². The van der Waals surface area contributed by atoms with Crippen LogP contribution in [0.4, 0.5) is 5.69 Å². The minimum atomic E-state index is -0.576. The molecule has 1 aromatic carbocycles. The molecule has 1 heterocycles. The normalized spacial score (nSPS) is 9.95. The molecule has 2 rings (SSSR count). The van der Waals surface area contributed by atoms with Gasteiger partial charge in [-0.3, -0.25) is 14.6 Å². The monoisotopic (exact) mass is 305 g/mol. The second-order valence-electron chi connectivity index (χ2n) is 4.10. The van der Waals surface area contributed by atoms with E-state index in [1.54, 1.807) is 30.3 Å². The van der Waals surface area contributed by atoms with Gasteiger partial charge in [0.2, 0.25) is 0 Å². The maximum Gasteiger partial charge on any atom is 0.274 e. The molecule has 2 aromatic rings. The van der Waals surface area contributed by atoms with Gasteiger partial charge in [0.05, 0.1) is 0 Å². The van der Waals surface area contributed by atoms with Crippen molar-refractivity contribution < 1.29 is 14.3 Å². The molecular weight excluding hydrogens is 294 g/mol. The number of nitrogens with one attached hydrogen (secondary N) is 1. The Morgan fingerprint density at radius 3 is 2.81 bits per heavy atom. The third-order valence-corrected chi connectivity index (χ3v) is 2.66. The molecule has 0 saturated carbocycles. The van der Waals surface area contributed by atoms with Crippen molar-refractivity contribution >= 4 is 29.1 Å². The zero-order chi connectivity index (χ0) is 15.2. The van der Waals surface area contributed by atoms with Crippen LogP contribution in [0, 0.1) is 0 Å². The fraction of sp³-hybridized carbons (Fsp3) is 0.0714. The van der Waals surface area contributed by atoms with Gasteiger partial charge in [0.25, 0.3) is 11.8 Å². The fourth-order valence-electron chi connectivity index (χ4n) is 1.54. The largest absolute Gasteiger partial charge is 0.484 e. The van der Waals surface area contributed by atoms with Crippen LogP contribution in [0.3, 0.4) is 0 Å². The predicted molar refractivity (Wildman–Crippen MR) is 78.3 cm³/mol. The predicted octanol–water partition coefficient (Wildman–Crippen LogP) is 1.85. The van der Waals surface area contributed by atoms with Crippen molar-refractivity contribution in [3.63, 3.8) is 0 Å². The standard InChI is InChI=1S/C14H12ClN3O3/c15-9-4-5-17-12(6-9)14(20)18-10-2-1-3-11(7-10)21-8-13(16)19/h1-7H,8H2,(H2,16,19)(H,18,20). The first-order valence-electron chi connectivity index (χ1n) is 5.98. The van der Waals surface area contributed by atoms with E-state index >= 15 is 0 Å². The van der Waals surface area contributed by atoms with Gasteiger partial charge in [0, 0.05) is 23.0 Å². The van der Waals surface area contributed by atoms with Gasteiger partial charge in [-0.2, -0.15) is 0 Å². The first-order chi connectivity index (χ1) is 10.0. The number of halogens is 1. The third kappa shape index (κ3) is 4.47. The van der Waals surface area contributed by atoms with Crippen LogP contribution >= 0.6 is 11.6 Å². The van der Waals surface area contributed by atoms with Gasteiger partial charge in [-0.15, -0.1) is 0 Å². The summed E-state index contributed by atoms with van der Waals surface area (Å²) in [5, 5.41) is 3.08. The molecule has 0 bridgehead atoms. The molecule has 0 unspecified atom stereocenters. The van der Waals surface area contributed by atoms with E-state index in [1.807, 2.05) is 0 Å². The van der Waals surface area contributed by atoms with Gasteiger partial charge < -0.3 is 15.8 Å². The average Bonchev–Trinajstić information content (AvgIpc) is 2.45. The summed E-state index contributed by atoms with van der Waals surface area (Å²) in [5.74, 6) is -0.553. The van der Waals surface area contributed by atoms with Crippen molar-refractivity contribution in [2.75, 3.05) is 11.9 Å². The molecule has 7 heteroatoms. The van der Waals surface area contributed by atoms with Crippen molar-refractivity contribution in [3.8, 4) is 5.75 Å². The van der Waals surface area contributed by atoms with E-state index in [4.69, 9.17) is 22.1 Å². The summed E-state index contributed by atoms with van der Waals surface area (Å²) in [6.45, 7) is -0.229. The fourth-order valence-corrected chi connectivity index (χ4v) is 1.70. The highest BCUT2D eigenvalue weighted by atomic mass is 35.5. The maximum absolute atomic E-state index is 12.0.